The molecule has 0 fully saturated rings. The summed E-state index contributed by atoms with van der Waals surface area (Å²) < 4.78 is 27.8. The van der Waals surface area contributed by atoms with Gasteiger partial charge in [0.25, 0.3) is 0 Å². The minimum atomic E-state index is -0.562. The molecule has 2 aromatic rings. The zero-order valence-electron chi connectivity index (χ0n) is 11.9. The molecule has 0 aliphatic carbocycles. The van der Waals surface area contributed by atoms with Gasteiger partial charge in [0.15, 0.2) is 0 Å². The van der Waals surface area contributed by atoms with E-state index in [-0.39, 0.29) is 23.3 Å². The highest BCUT2D eigenvalue weighted by Crippen LogP contribution is 2.30. The Hall–Kier alpha value is -2.43. The van der Waals surface area contributed by atoms with Crippen molar-refractivity contribution in [2.24, 2.45) is 5.73 Å². The number of rotatable bonds is 4. The van der Waals surface area contributed by atoms with E-state index in [1.165, 1.54) is 12.1 Å². The fourth-order valence-corrected chi connectivity index (χ4v) is 2.30. The van der Waals surface area contributed by atoms with E-state index in [4.69, 9.17) is 11.1 Å². The Kier molecular flexibility index (Phi) is 4.21. The van der Waals surface area contributed by atoms with Crippen LogP contribution >= 0.6 is 0 Å². The summed E-state index contributed by atoms with van der Waals surface area (Å²) >= 11 is 0. The van der Waals surface area contributed by atoms with Gasteiger partial charge in [0.05, 0.1) is 17.3 Å². The van der Waals surface area contributed by atoms with E-state index >= 15 is 0 Å². The van der Waals surface area contributed by atoms with Crippen LogP contribution in [0.4, 0.5) is 14.5 Å². The summed E-state index contributed by atoms with van der Waals surface area (Å²) in [4.78, 5) is 1.71. The van der Waals surface area contributed by atoms with Gasteiger partial charge in [-0.3, -0.25) is 5.41 Å². The predicted octanol–water partition coefficient (Wildman–Crippen LogP) is 3.45. The van der Waals surface area contributed by atoms with E-state index in [2.05, 4.69) is 0 Å². The second-order valence-electron chi connectivity index (χ2n) is 4.86. The second-order valence-corrected chi connectivity index (χ2v) is 4.86. The average molecular weight is 289 g/mol. The first kappa shape index (κ1) is 15.0. The summed E-state index contributed by atoms with van der Waals surface area (Å²) in [5.74, 6) is -1.24. The van der Waals surface area contributed by atoms with Crippen LogP contribution in [0.5, 0.6) is 0 Å². The van der Waals surface area contributed by atoms with Crippen LogP contribution in [0.1, 0.15) is 24.1 Å². The highest BCUT2D eigenvalue weighted by molar-refractivity contribution is 6.00. The third kappa shape index (κ3) is 2.86. The Bertz CT molecular complexity index is 670. The molecule has 1 atom stereocenters. The van der Waals surface area contributed by atoms with E-state index in [1.54, 1.807) is 42.3 Å². The van der Waals surface area contributed by atoms with Crippen LogP contribution in [0, 0.1) is 17.0 Å². The lowest BCUT2D eigenvalue weighted by molar-refractivity contribution is 0.584. The first-order chi connectivity index (χ1) is 9.93. The molecule has 5 heteroatoms. The molecule has 3 nitrogen and oxygen atoms in total. The lowest BCUT2D eigenvalue weighted by Crippen LogP contribution is -2.26. The van der Waals surface area contributed by atoms with Gasteiger partial charge in [-0.25, -0.2) is 8.78 Å². The molecule has 2 aromatic carbocycles. The molecule has 0 radical (unpaired) electrons. The minimum Gasteiger partial charge on any atom is -0.384 e. The standard InChI is InChI=1S/C16H17F2N3/c1-10(11-6-3-4-7-12(11)17)21(2)14-9-5-8-13(18)15(14)16(19)20/h3-10H,1-2H3,(H3,19,20). The summed E-state index contributed by atoms with van der Waals surface area (Å²) in [6.07, 6.45) is 0. The minimum absolute atomic E-state index is 0.0307. The molecule has 2 rings (SSSR count). The monoisotopic (exact) mass is 289 g/mol. The Morgan fingerprint density at radius 3 is 2.33 bits per heavy atom. The molecule has 21 heavy (non-hydrogen) atoms. The van der Waals surface area contributed by atoms with Gasteiger partial charge in [-0.1, -0.05) is 24.3 Å². The smallest absolute Gasteiger partial charge is 0.136 e. The molecule has 1 unspecified atom stereocenters. The Morgan fingerprint density at radius 1 is 1.10 bits per heavy atom. The average Bonchev–Trinajstić information content (AvgIpc) is 2.45. The molecule has 0 saturated heterocycles. The van der Waals surface area contributed by atoms with Gasteiger partial charge in [0, 0.05) is 12.6 Å². The number of anilines is 1. The predicted molar refractivity (Wildman–Crippen MR) is 80.6 cm³/mol. The zero-order chi connectivity index (χ0) is 15.6. The summed E-state index contributed by atoms with van der Waals surface area (Å²) in [5.41, 5.74) is 6.45. The Balaban J connectivity index is 2.46. The van der Waals surface area contributed by atoms with Crippen molar-refractivity contribution in [1.82, 2.24) is 0 Å². The fourth-order valence-electron chi connectivity index (χ4n) is 2.30. The van der Waals surface area contributed by atoms with Crippen LogP contribution in [-0.2, 0) is 0 Å². The van der Waals surface area contributed by atoms with Crippen LogP contribution in [0.3, 0.4) is 0 Å². The maximum atomic E-state index is 13.9. The van der Waals surface area contributed by atoms with E-state index in [0.717, 1.165) is 0 Å². The number of hydrogen-bond acceptors (Lipinski definition) is 2. The quantitative estimate of drug-likeness (QED) is 0.669. The van der Waals surface area contributed by atoms with Crippen LogP contribution in [0.25, 0.3) is 0 Å². The van der Waals surface area contributed by atoms with Crippen molar-refractivity contribution in [3.05, 3.63) is 65.2 Å². The number of nitrogens with one attached hydrogen (secondary N) is 1. The van der Waals surface area contributed by atoms with Gasteiger partial charge in [-0.2, -0.15) is 0 Å². The van der Waals surface area contributed by atoms with Crippen molar-refractivity contribution in [3.8, 4) is 0 Å². The highest BCUT2D eigenvalue weighted by atomic mass is 19.1. The van der Waals surface area contributed by atoms with E-state index in [9.17, 15) is 8.78 Å². The molecule has 0 saturated carbocycles. The maximum absolute atomic E-state index is 13.9. The molecule has 3 N–H and O–H groups in total. The van der Waals surface area contributed by atoms with E-state index in [1.807, 2.05) is 6.92 Å². The number of nitrogen functional groups attached to an aromatic ring is 1. The van der Waals surface area contributed by atoms with E-state index < -0.39 is 5.82 Å². The van der Waals surface area contributed by atoms with Crippen molar-refractivity contribution in [2.75, 3.05) is 11.9 Å². The SMILES string of the molecule is CC(c1ccccc1F)N(C)c1cccc(F)c1C(=N)N. The molecule has 0 bridgehead atoms. The lowest BCUT2D eigenvalue weighted by atomic mass is 10.0. The van der Waals surface area contributed by atoms with Gasteiger partial charge in [0.1, 0.15) is 17.5 Å². The van der Waals surface area contributed by atoms with Gasteiger partial charge in [0.2, 0.25) is 0 Å². The van der Waals surface area contributed by atoms with Gasteiger partial charge >= 0.3 is 0 Å². The molecular formula is C16H17F2N3. The summed E-state index contributed by atoms with van der Waals surface area (Å²) in [5, 5.41) is 7.54. The maximum Gasteiger partial charge on any atom is 0.136 e. The van der Waals surface area contributed by atoms with Crippen molar-refractivity contribution in [2.45, 2.75) is 13.0 Å². The molecule has 0 spiro atoms. The van der Waals surface area contributed by atoms with Crippen molar-refractivity contribution < 1.29 is 8.78 Å². The van der Waals surface area contributed by atoms with Crippen LogP contribution < -0.4 is 10.6 Å². The highest BCUT2D eigenvalue weighted by Gasteiger charge is 2.20. The molecule has 0 aromatic heterocycles. The number of nitrogens with two attached hydrogens (primary N) is 1. The Labute approximate surface area is 122 Å². The molecular weight excluding hydrogens is 272 g/mol. The van der Waals surface area contributed by atoms with Crippen molar-refractivity contribution in [1.29, 1.82) is 5.41 Å². The third-order valence-electron chi connectivity index (χ3n) is 3.58. The lowest BCUT2D eigenvalue weighted by Gasteiger charge is -2.29. The first-order valence-electron chi connectivity index (χ1n) is 6.53. The van der Waals surface area contributed by atoms with Crippen LogP contribution in [0.2, 0.25) is 0 Å². The number of nitrogens with zero attached hydrogens (tertiary/aromatic N) is 1. The molecule has 0 aliphatic rings. The van der Waals surface area contributed by atoms with Gasteiger partial charge in [-0.05, 0) is 25.1 Å². The first-order valence-corrected chi connectivity index (χ1v) is 6.53. The van der Waals surface area contributed by atoms with Gasteiger partial charge < -0.3 is 10.6 Å². The van der Waals surface area contributed by atoms with Crippen molar-refractivity contribution >= 4 is 11.5 Å². The normalized spacial score (nSPS) is 12.0. The number of amidine groups is 1. The number of hydrogen-bond donors (Lipinski definition) is 2. The molecule has 0 aliphatic heterocycles. The van der Waals surface area contributed by atoms with Gasteiger partial charge in [-0.15, -0.1) is 0 Å². The second kappa shape index (κ2) is 5.91. The number of halogens is 2. The summed E-state index contributed by atoms with van der Waals surface area (Å²) in [6, 6.07) is 10.6. The summed E-state index contributed by atoms with van der Waals surface area (Å²) in [7, 11) is 1.72. The fraction of sp³-hybridized carbons (Fsp3) is 0.188. The summed E-state index contributed by atoms with van der Waals surface area (Å²) in [6.45, 7) is 1.81. The van der Waals surface area contributed by atoms with E-state index in [0.29, 0.717) is 11.3 Å². The molecule has 0 amide bonds. The van der Waals surface area contributed by atoms with Crippen LogP contribution in [-0.4, -0.2) is 12.9 Å². The zero-order valence-corrected chi connectivity index (χ0v) is 11.9. The molecule has 110 valence electrons. The Morgan fingerprint density at radius 2 is 1.71 bits per heavy atom. The third-order valence-corrected chi connectivity index (χ3v) is 3.58. The molecule has 0 heterocycles. The largest absolute Gasteiger partial charge is 0.384 e. The topological polar surface area (TPSA) is 53.1 Å². The number of benzene rings is 2. The van der Waals surface area contributed by atoms with Crippen molar-refractivity contribution in [3.63, 3.8) is 0 Å². The van der Waals surface area contributed by atoms with Crippen LogP contribution in [0.15, 0.2) is 42.5 Å².